The van der Waals surface area contributed by atoms with E-state index < -0.39 is 0 Å². The van der Waals surface area contributed by atoms with Crippen molar-refractivity contribution in [1.29, 1.82) is 0 Å². The maximum atomic E-state index is 11.9. The second-order valence-corrected chi connectivity index (χ2v) is 6.05. The summed E-state index contributed by atoms with van der Waals surface area (Å²) in [6, 6.07) is 1.61. The molecule has 1 saturated carbocycles. The highest BCUT2D eigenvalue weighted by Gasteiger charge is 2.20. The van der Waals surface area contributed by atoms with E-state index in [0.29, 0.717) is 23.2 Å². The molecule has 0 saturated heterocycles. The smallest absolute Gasteiger partial charge is 0.339 e. The van der Waals surface area contributed by atoms with Crippen LogP contribution in [-0.2, 0) is 4.74 Å². The molecule has 19 heavy (non-hydrogen) atoms. The Kier molecular flexibility index (Phi) is 5.07. The van der Waals surface area contributed by atoms with Gasteiger partial charge in [0.15, 0.2) is 0 Å². The zero-order chi connectivity index (χ0) is 13.7. The van der Waals surface area contributed by atoms with Gasteiger partial charge < -0.3 is 10.5 Å². The van der Waals surface area contributed by atoms with Crippen LogP contribution in [0.2, 0.25) is 0 Å². The lowest BCUT2D eigenvalue weighted by Crippen LogP contribution is -2.11. The van der Waals surface area contributed by atoms with Crippen molar-refractivity contribution in [3.05, 3.63) is 17.8 Å². The van der Waals surface area contributed by atoms with Crippen molar-refractivity contribution >= 4 is 23.5 Å². The van der Waals surface area contributed by atoms with Crippen LogP contribution in [-0.4, -0.2) is 22.8 Å². The number of ether oxygens (including phenoxy) is 1. The molecule has 1 heterocycles. The molecule has 0 bridgehead atoms. The van der Waals surface area contributed by atoms with Gasteiger partial charge in [-0.1, -0.05) is 19.3 Å². The van der Waals surface area contributed by atoms with E-state index in [0.717, 1.165) is 4.90 Å². The molecule has 4 nitrogen and oxygen atoms in total. The van der Waals surface area contributed by atoms with Gasteiger partial charge in [0.1, 0.15) is 5.82 Å². The van der Waals surface area contributed by atoms with E-state index in [-0.39, 0.29) is 5.97 Å². The normalized spacial score (nSPS) is 16.3. The molecule has 0 spiro atoms. The fourth-order valence-electron chi connectivity index (χ4n) is 2.28. The molecule has 0 amide bonds. The molecule has 1 fully saturated rings. The molecule has 1 aromatic rings. The van der Waals surface area contributed by atoms with Gasteiger partial charge in [0, 0.05) is 16.3 Å². The number of carbonyl (C=O) groups is 1. The molecule has 104 valence electrons. The van der Waals surface area contributed by atoms with Gasteiger partial charge in [-0.3, -0.25) is 0 Å². The van der Waals surface area contributed by atoms with Crippen molar-refractivity contribution in [1.82, 2.24) is 4.98 Å². The molecule has 1 aromatic heterocycles. The number of esters is 1. The second kappa shape index (κ2) is 6.80. The molecule has 1 aliphatic rings. The number of rotatable bonds is 4. The lowest BCUT2D eigenvalue weighted by Gasteiger charge is -2.21. The number of pyridine rings is 1. The summed E-state index contributed by atoms with van der Waals surface area (Å²) in [5.41, 5.74) is 6.21. The Morgan fingerprint density at radius 3 is 2.89 bits per heavy atom. The summed E-state index contributed by atoms with van der Waals surface area (Å²) in [7, 11) is 0. The summed E-state index contributed by atoms with van der Waals surface area (Å²) in [4.78, 5) is 16.9. The Labute approximate surface area is 118 Å². The molecule has 0 unspecified atom stereocenters. The average Bonchev–Trinajstić information content (AvgIpc) is 2.42. The first-order valence-electron chi connectivity index (χ1n) is 6.80. The molecule has 0 aliphatic heterocycles. The Morgan fingerprint density at radius 2 is 2.21 bits per heavy atom. The Hall–Kier alpha value is -1.23. The van der Waals surface area contributed by atoms with Gasteiger partial charge in [-0.2, -0.15) is 0 Å². The minimum Gasteiger partial charge on any atom is -0.462 e. The van der Waals surface area contributed by atoms with E-state index in [1.807, 2.05) is 0 Å². The number of thioether (sulfide) groups is 1. The molecular weight excluding hydrogens is 260 g/mol. The van der Waals surface area contributed by atoms with Crippen LogP contribution < -0.4 is 5.73 Å². The summed E-state index contributed by atoms with van der Waals surface area (Å²) in [6.45, 7) is 2.17. The molecule has 2 rings (SSSR count). The lowest BCUT2D eigenvalue weighted by atomic mass is 10.0. The van der Waals surface area contributed by atoms with Gasteiger partial charge in [0.2, 0.25) is 0 Å². The third-order valence-corrected chi connectivity index (χ3v) is 4.61. The van der Waals surface area contributed by atoms with Crippen LogP contribution in [0, 0.1) is 0 Å². The van der Waals surface area contributed by atoms with Crippen LogP contribution in [0.5, 0.6) is 0 Å². The number of hydrogen-bond donors (Lipinski definition) is 1. The number of hydrogen-bond acceptors (Lipinski definition) is 5. The van der Waals surface area contributed by atoms with Crippen molar-refractivity contribution < 1.29 is 9.53 Å². The maximum Gasteiger partial charge on any atom is 0.339 e. The number of aromatic nitrogens is 1. The molecule has 0 radical (unpaired) electrons. The standard InChI is InChI=1S/C14H20N2O2S/c1-2-18-14(17)11-8-13(15)16-9-12(11)19-10-6-4-3-5-7-10/h8-10H,2-7H2,1H3,(H2,15,16). The van der Waals surface area contributed by atoms with Crippen molar-refractivity contribution in [2.24, 2.45) is 0 Å². The van der Waals surface area contributed by atoms with Crippen molar-refractivity contribution in [3.63, 3.8) is 0 Å². The highest BCUT2D eigenvalue weighted by Crippen LogP contribution is 2.35. The topological polar surface area (TPSA) is 65.2 Å². The Balaban J connectivity index is 2.15. The molecule has 0 aromatic carbocycles. The largest absolute Gasteiger partial charge is 0.462 e. The SMILES string of the molecule is CCOC(=O)c1cc(N)ncc1SC1CCCCC1. The van der Waals surface area contributed by atoms with Gasteiger partial charge in [0.25, 0.3) is 0 Å². The predicted octanol–water partition coefficient (Wildman–Crippen LogP) is 3.27. The second-order valence-electron chi connectivity index (χ2n) is 4.70. The minimum atomic E-state index is -0.310. The monoisotopic (exact) mass is 280 g/mol. The van der Waals surface area contributed by atoms with Gasteiger partial charge in [-0.25, -0.2) is 9.78 Å². The first-order chi connectivity index (χ1) is 9.20. The van der Waals surface area contributed by atoms with Crippen molar-refractivity contribution in [2.45, 2.75) is 49.2 Å². The number of nitrogens with two attached hydrogens (primary N) is 1. The van der Waals surface area contributed by atoms with Crippen LogP contribution in [0.1, 0.15) is 49.4 Å². The van der Waals surface area contributed by atoms with Crippen molar-refractivity contribution in [2.75, 3.05) is 12.3 Å². The number of carbonyl (C=O) groups excluding carboxylic acids is 1. The van der Waals surface area contributed by atoms with Crippen LogP contribution >= 0.6 is 11.8 Å². The highest BCUT2D eigenvalue weighted by molar-refractivity contribution is 8.00. The zero-order valence-corrected chi connectivity index (χ0v) is 12.0. The molecular formula is C14H20N2O2S. The van der Waals surface area contributed by atoms with E-state index in [1.165, 1.54) is 32.1 Å². The van der Waals surface area contributed by atoms with E-state index in [9.17, 15) is 4.79 Å². The van der Waals surface area contributed by atoms with E-state index >= 15 is 0 Å². The quantitative estimate of drug-likeness (QED) is 0.857. The van der Waals surface area contributed by atoms with Gasteiger partial charge in [0.05, 0.1) is 12.2 Å². The van der Waals surface area contributed by atoms with Crippen molar-refractivity contribution in [3.8, 4) is 0 Å². The van der Waals surface area contributed by atoms with E-state index in [2.05, 4.69) is 4.98 Å². The van der Waals surface area contributed by atoms with E-state index in [4.69, 9.17) is 10.5 Å². The molecule has 1 aliphatic carbocycles. The Bertz CT molecular complexity index is 445. The third kappa shape index (κ3) is 3.86. The number of anilines is 1. The fraction of sp³-hybridized carbons (Fsp3) is 0.571. The summed E-state index contributed by atoms with van der Waals surface area (Å²) < 4.78 is 5.08. The minimum absolute atomic E-state index is 0.310. The van der Waals surface area contributed by atoms with Gasteiger partial charge in [-0.15, -0.1) is 11.8 Å². The first kappa shape index (κ1) is 14.2. The van der Waals surface area contributed by atoms with Gasteiger partial charge >= 0.3 is 5.97 Å². The predicted molar refractivity (Wildman–Crippen MR) is 77.3 cm³/mol. The Morgan fingerprint density at radius 1 is 1.47 bits per heavy atom. The highest BCUT2D eigenvalue weighted by atomic mass is 32.2. The molecule has 0 atom stereocenters. The van der Waals surface area contributed by atoms with E-state index in [1.54, 1.807) is 30.9 Å². The fourth-order valence-corrected chi connectivity index (χ4v) is 3.59. The molecule has 5 heteroatoms. The number of nitrogens with zero attached hydrogens (tertiary/aromatic N) is 1. The van der Waals surface area contributed by atoms with Crippen LogP contribution in [0.15, 0.2) is 17.2 Å². The van der Waals surface area contributed by atoms with Crippen LogP contribution in [0.4, 0.5) is 5.82 Å². The van der Waals surface area contributed by atoms with Crippen LogP contribution in [0.3, 0.4) is 0 Å². The zero-order valence-electron chi connectivity index (χ0n) is 11.2. The summed E-state index contributed by atoms with van der Waals surface area (Å²) in [6.07, 6.45) is 7.97. The maximum absolute atomic E-state index is 11.9. The lowest BCUT2D eigenvalue weighted by molar-refractivity contribution is 0.0522. The summed E-state index contributed by atoms with van der Waals surface area (Å²) in [5, 5.41) is 0.576. The average molecular weight is 280 g/mol. The number of nitrogen functional groups attached to an aromatic ring is 1. The van der Waals surface area contributed by atoms with Crippen LogP contribution in [0.25, 0.3) is 0 Å². The summed E-state index contributed by atoms with van der Waals surface area (Å²) >= 11 is 1.74. The first-order valence-corrected chi connectivity index (χ1v) is 7.68. The van der Waals surface area contributed by atoms with Gasteiger partial charge in [-0.05, 0) is 25.8 Å². The molecule has 2 N–H and O–H groups in total. The summed E-state index contributed by atoms with van der Waals surface area (Å²) in [5.74, 6) is 0.0472. The third-order valence-electron chi connectivity index (χ3n) is 3.23.